The van der Waals surface area contributed by atoms with Gasteiger partial charge in [0.2, 0.25) is 5.09 Å². The van der Waals surface area contributed by atoms with Crippen molar-refractivity contribution in [2.24, 2.45) is 0 Å². The van der Waals surface area contributed by atoms with Crippen LogP contribution in [-0.2, 0) is 29.6 Å². The normalized spacial score (nSPS) is 15.1. The number of nitrogens with one attached hydrogen (secondary N) is 1. The summed E-state index contributed by atoms with van der Waals surface area (Å²) in [7, 11) is -4.35. The molecule has 1 aliphatic rings. The number of furan rings is 1. The summed E-state index contributed by atoms with van der Waals surface area (Å²) in [4.78, 5) is 22.8. The van der Waals surface area contributed by atoms with Crippen molar-refractivity contribution in [1.82, 2.24) is 14.9 Å². The van der Waals surface area contributed by atoms with Crippen LogP contribution in [0, 0.1) is 0 Å². The zero-order valence-corrected chi connectivity index (χ0v) is 15.1. The topological polar surface area (TPSA) is 116 Å². The van der Waals surface area contributed by atoms with Gasteiger partial charge >= 0.3 is 10.1 Å². The van der Waals surface area contributed by atoms with Gasteiger partial charge in [-0.1, -0.05) is 6.07 Å². The molecule has 4 heterocycles. The summed E-state index contributed by atoms with van der Waals surface area (Å²) in [5.41, 5.74) is 1.23. The first-order chi connectivity index (χ1) is 12.4. The van der Waals surface area contributed by atoms with Gasteiger partial charge in [-0.2, -0.15) is 8.42 Å². The highest BCUT2D eigenvalue weighted by Crippen LogP contribution is 2.23. The lowest BCUT2D eigenvalue weighted by molar-refractivity contribution is 0.215. The number of thiophene rings is 1. The average molecular weight is 393 g/mol. The SMILES string of the molecule is O=c1[nH]c(-c2cccs2)nc2c1CN(Cc1ccc(S(=O)(=O)O)o1)CC2. The van der Waals surface area contributed by atoms with Crippen LogP contribution < -0.4 is 5.56 Å². The van der Waals surface area contributed by atoms with Crippen molar-refractivity contribution in [3.8, 4) is 10.7 Å². The van der Waals surface area contributed by atoms with Gasteiger partial charge in [-0.05, 0) is 23.6 Å². The van der Waals surface area contributed by atoms with E-state index in [2.05, 4.69) is 9.97 Å². The summed E-state index contributed by atoms with van der Waals surface area (Å²) in [5, 5.41) is 1.45. The van der Waals surface area contributed by atoms with Crippen molar-refractivity contribution in [2.75, 3.05) is 6.54 Å². The van der Waals surface area contributed by atoms with E-state index >= 15 is 0 Å². The molecule has 0 amide bonds. The molecule has 1 aliphatic heterocycles. The standard InChI is InChI=1S/C16H15N3O5S2/c20-16-11-9-19(8-10-3-4-14(24-10)26(21,22)23)6-5-12(11)17-15(18-16)13-2-1-7-25-13/h1-4,7H,5-6,8-9H2,(H,17,18,20)(H,21,22,23). The number of rotatable bonds is 4. The minimum Gasteiger partial charge on any atom is -0.446 e. The minimum atomic E-state index is -4.35. The molecule has 26 heavy (non-hydrogen) atoms. The molecule has 0 aromatic carbocycles. The summed E-state index contributed by atoms with van der Waals surface area (Å²) in [6.45, 7) is 1.39. The number of nitrogens with zero attached hydrogens (tertiary/aromatic N) is 2. The fourth-order valence-electron chi connectivity index (χ4n) is 2.95. The third-order valence-electron chi connectivity index (χ3n) is 4.17. The number of hydrogen-bond acceptors (Lipinski definition) is 7. The molecular weight excluding hydrogens is 378 g/mol. The van der Waals surface area contributed by atoms with E-state index in [0.29, 0.717) is 43.2 Å². The van der Waals surface area contributed by atoms with E-state index in [4.69, 9.17) is 8.97 Å². The molecule has 0 saturated heterocycles. The van der Waals surface area contributed by atoms with Gasteiger partial charge in [-0.25, -0.2) is 4.98 Å². The van der Waals surface area contributed by atoms with Gasteiger partial charge in [0.15, 0.2) is 5.82 Å². The molecule has 3 aromatic heterocycles. The molecular formula is C16H15N3O5S2. The lowest BCUT2D eigenvalue weighted by Gasteiger charge is -2.26. The van der Waals surface area contributed by atoms with Crippen LogP contribution >= 0.6 is 11.3 Å². The zero-order chi connectivity index (χ0) is 18.3. The van der Waals surface area contributed by atoms with Crippen LogP contribution in [0.5, 0.6) is 0 Å². The van der Waals surface area contributed by atoms with Crippen LogP contribution in [0.3, 0.4) is 0 Å². The predicted molar refractivity (Wildman–Crippen MR) is 94.5 cm³/mol. The van der Waals surface area contributed by atoms with Crippen molar-refractivity contribution in [3.05, 3.63) is 57.0 Å². The Morgan fingerprint density at radius 1 is 1.35 bits per heavy atom. The molecule has 0 radical (unpaired) electrons. The van der Waals surface area contributed by atoms with E-state index in [0.717, 1.165) is 10.6 Å². The van der Waals surface area contributed by atoms with Crippen LogP contribution in [0.2, 0.25) is 0 Å². The van der Waals surface area contributed by atoms with E-state index in [1.54, 1.807) is 0 Å². The summed E-state index contributed by atoms with van der Waals surface area (Å²) < 4.78 is 36.3. The van der Waals surface area contributed by atoms with Crippen LogP contribution in [0.4, 0.5) is 0 Å². The monoisotopic (exact) mass is 393 g/mol. The largest absolute Gasteiger partial charge is 0.446 e. The van der Waals surface area contributed by atoms with E-state index in [9.17, 15) is 13.2 Å². The van der Waals surface area contributed by atoms with Crippen molar-refractivity contribution in [3.63, 3.8) is 0 Å². The lowest BCUT2D eigenvalue weighted by Crippen LogP contribution is -2.35. The first-order valence-corrected chi connectivity index (χ1v) is 10.2. The Bertz CT molecular complexity index is 1100. The van der Waals surface area contributed by atoms with Gasteiger partial charge in [0.1, 0.15) is 5.76 Å². The predicted octanol–water partition coefficient (Wildman–Crippen LogP) is 1.90. The van der Waals surface area contributed by atoms with Crippen LogP contribution in [0.1, 0.15) is 17.0 Å². The summed E-state index contributed by atoms with van der Waals surface area (Å²) in [6.07, 6.45) is 0.615. The number of fused-ring (bicyclic) bond motifs is 1. The number of aromatic nitrogens is 2. The van der Waals surface area contributed by atoms with E-state index in [1.165, 1.54) is 23.5 Å². The Balaban J connectivity index is 1.55. The maximum atomic E-state index is 12.5. The summed E-state index contributed by atoms with van der Waals surface area (Å²) >= 11 is 1.52. The van der Waals surface area contributed by atoms with Crippen LogP contribution in [-0.4, -0.2) is 34.4 Å². The van der Waals surface area contributed by atoms with Gasteiger partial charge in [0.25, 0.3) is 5.56 Å². The number of H-pyrrole nitrogens is 1. The summed E-state index contributed by atoms with van der Waals surface area (Å²) in [5.74, 6) is 0.988. The van der Waals surface area contributed by atoms with Gasteiger partial charge < -0.3 is 9.40 Å². The third-order valence-corrected chi connectivity index (χ3v) is 5.78. The first kappa shape index (κ1) is 17.2. The minimum absolute atomic E-state index is 0.166. The van der Waals surface area contributed by atoms with Crippen molar-refractivity contribution in [1.29, 1.82) is 0 Å². The maximum Gasteiger partial charge on any atom is 0.328 e. The van der Waals surface area contributed by atoms with Gasteiger partial charge in [0.05, 0.1) is 22.7 Å². The van der Waals surface area contributed by atoms with Crippen molar-refractivity contribution in [2.45, 2.75) is 24.6 Å². The van der Waals surface area contributed by atoms with Gasteiger partial charge in [0, 0.05) is 19.5 Å². The third kappa shape index (κ3) is 3.36. The fourth-order valence-corrected chi connectivity index (χ4v) is 4.07. The second-order valence-corrected chi connectivity index (χ2v) is 8.27. The van der Waals surface area contributed by atoms with Crippen molar-refractivity contribution < 1.29 is 17.4 Å². The van der Waals surface area contributed by atoms with Crippen LogP contribution in [0.25, 0.3) is 10.7 Å². The molecule has 136 valence electrons. The molecule has 0 spiro atoms. The van der Waals surface area contributed by atoms with Gasteiger partial charge in [-0.15, -0.1) is 11.3 Å². The molecule has 2 N–H and O–H groups in total. The van der Waals surface area contributed by atoms with E-state index < -0.39 is 15.2 Å². The smallest absolute Gasteiger partial charge is 0.328 e. The molecule has 3 aromatic rings. The number of aromatic amines is 1. The highest BCUT2D eigenvalue weighted by molar-refractivity contribution is 7.85. The highest BCUT2D eigenvalue weighted by atomic mass is 32.2. The van der Waals surface area contributed by atoms with Crippen molar-refractivity contribution >= 4 is 21.5 Å². The second-order valence-electron chi connectivity index (χ2n) is 5.97. The molecule has 0 saturated carbocycles. The Kier molecular flexibility index (Phi) is 4.27. The fraction of sp³-hybridized carbons (Fsp3) is 0.250. The average Bonchev–Trinajstić information content (AvgIpc) is 3.26. The Hall–Kier alpha value is -2.27. The molecule has 4 rings (SSSR count). The summed E-state index contributed by atoms with van der Waals surface area (Å²) in [6, 6.07) is 6.53. The van der Waals surface area contributed by atoms with Crippen LogP contribution in [0.15, 0.2) is 43.9 Å². The molecule has 8 nitrogen and oxygen atoms in total. The molecule has 0 atom stereocenters. The molecule has 0 bridgehead atoms. The van der Waals surface area contributed by atoms with E-state index in [-0.39, 0.29) is 5.56 Å². The quantitative estimate of drug-likeness (QED) is 0.650. The first-order valence-electron chi connectivity index (χ1n) is 7.84. The molecule has 0 unspecified atom stereocenters. The zero-order valence-electron chi connectivity index (χ0n) is 13.5. The highest BCUT2D eigenvalue weighted by Gasteiger charge is 2.23. The number of hydrogen-bond donors (Lipinski definition) is 2. The molecule has 0 fully saturated rings. The Morgan fingerprint density at radius 3 is 2.88 bits per heavy atom. The molecule has 10 heteroatoms. The lowest BCUT2D eigenvalue weighted by atomic mass is 10.1. The second kappa shape index (κ2) is 6.47. The Labute approximate surface area is 152 Å². The van der Waals surface area contributed by atoms with Gasteiger partial charge in [-0.3, -0.25) is 14.2 Å². The molecule has 0 aliphatic carbocycles. The Morgan fingerprint density at radius 2 is 2.19 bits per heavy atom. The maximum absolute atomic E-state index is 12.5. The van der Waals surface area contributed by atoms with E-state index in [1.807, 2.05) is 22.4 Å².